The highest BCUT2D eigenvalue weighted by Gasteiger charge is 2.28. The largest absolute Gasteiger partial charge is 0.339 e. The summed E-state index contributed by atoms with van der Waals surface area (Å²) >= 11 is 0. The number of nitriles is 1. The summed E-state index contributed by atoms with van der Waals surface area (Å²) in [5, 5.41) is 15.5. The first-order valence-corrected chi connectivity index (χ1v) is 7.97. The number of carbonyl (C=O) groups is 1. The number of carbonyl (C=O) groups excluding carboxylic acids is 1. The summed E-state index contributed by atoms with van der Waals surface area (Å²) in [7, 11) is 0. The minimum absolute atomic E-state index is 0.0969. The van der Waals surface area contributed by atoms with Crippen LogP contribution in [0.3, 0.4) is 0 Å². The van der Waals surface area contributed by atoms with E-state index in [4.69, 9.17) is 9.78 Å². The molecule has 0 saturated carbocycles. The van der Waals surface area contributed by atoms with Crippen molar-refractivity contribution in [3.63, 3.8) is 0 Å². The molecule has 124 valence electrons. The molecule has 1 aromatic heterocycles. The lowest BCUT2D eigenvalue weighted by Crippen LogP contribution is -2.44. The first kappa shape index (κ1) is 16.0. The normalized spacial score (nSPS) is 17.3. The molecule has 0 spiro atoms. The van der Waals surface area contributed by atoms with E-state index in [2.05, 4.69) is 21.5 Å². The van der Waals surface area contributed by atoms with Gasteiger partial charge in [0.15, 0.2) is 5.82 Å². The van der Waals surface area contributed by atoms with E-state index in [-0.39, 0.29) is 11.9 Å². The first-order chi connectivity index (χ1) is 11.7. The van der Waals surface area contributed by atoms with Crippen LogP contribution in [0.4, 0.5) is 4.79 Å². The number of likely N-dealkylation sites (tertiary alicyclic amines) is 1. The van der Waals surface area contributed by atoms with Crippen LogP contribution >= 0.6 is 0 Å². The Morgan fingerprint density at radius 2 is 2.25 bits per heavy atom. The van der Waals surface area contributed by atoms with Crippen LogP contribution in [0.2, 0.25) is 0 Å². The molecule has 2 amide bonds. The van der Waals surface area contributed by atoms with Crippen LogP contribution < -0.4 is 5.32 Å². The predicted molar refractivity (Wildman–Crippen MR) is 86.0 cm³/mol. The molecule has 24 heavy (non-hydrogen) atoms. The zero-order chi connectivity index (χ0) is 16.9. The van der Waals surface area contributed by atoms with Gasteiger partial charge in [-0.3, -0.25) is 0 Å². The van der Waals surface area contributed by atoms with Gasteiger partial charge in [-0.05, 0) is 37.5 Å². The molecular formula is C17H19N5O2. The number of amides is 2. The third-order valence-electron chi connectivity index (χ3n) is 4.13. The lowest BCUT2D eigenvalue weighted by Gasteiger charge is -2.31. The number of nitrogens with zero attached hydrogens (tertiary/aromatic N) is 4. The molecule has 1 saturated heterocycles. The molecule has 0 radical (unpaired) electrons. The monoisotopic (exact) mass is 325 g/mol. The molecule has 1 fully saturated rings. The van der Waals surface area contributed by atoms with Gasteiger partial charge in [-0.15, -0.1) is 0 Å². The van der Waals surface area contributed by atoms with Crippen molar-refractivity contribution in [2.45, 2.75) is 32.2 Å². The smallest absolute Gasteiger partial charge is 0.317 e. The molecule has 0 bridgehead atoms. The molecule has 1 aromatic carbocycles. The summed E-state index contributed by atoms with van der Waals surface area (Å²) in [5.41, 5.74) is 1.57. The van der Waals surface area contributed by atoms with E-state index in [0.717, 1.165) is 24.9 Å². The van der Waals surface area contributed by atoms with E-state index in [9.17, 15) is 4.79 Å². The van der Waals surface area contributed by atoms with E-state index in [1.165, 1.54) is 0 Å². The van der Waals surface area contributed by atoms with E-state index in [1.54, 1.807) is 24.0 Å². The minimum Gasteiger partial charge on any atom is -0.339 e. The lowest BCUT2D eigenvalue weighted by atomic mass is 9.98. The Hall–Kier alpha value is -2.88. The van der Waals surface area contributed by atoms with Crippen LogP contribution in [0.1, 0.15) is 41.6 Å². The van der Waals surface area contributed by atoms with Gasteiger partial charge in [-0.25, -0.2) is 4.79 Å². The van der Waals surface area contributed by atoms with Crippen LogP contribution in [0.5, 0.6) is 0 Å². The zero-order valence-electron chi connectivity index (χ0n) is 13.5. The average Bonchev–Trinajstić information content (AvgIpc) is 3.06. The fraction of sp³-hybridized carbons (Fsp3) is 0.412. The first-order valence-electron chi connectivity index (χ1n) is 7.97. The summed E-state index contributed by atoms with van der Waals surface area (Å²) in [5.74, 6) is 1.32. The number of urea groups is 1. The van der Waals surface area contributed by atoms with Crippen molar-refractivity contribution in [3.05, 3.63) is 47.1 Å². The van der Waals surface area contributed by atoms with Crippen LogP contribution in [-0.4, -0.2) is 34.2 Å². The summed E-state index contributed by atoms with van der Waals surface area (Å²) in [6.45, 7) is 3.53. The number of nitrogens with one attached hydrogen (secondary N) is 1. The number of hydrogen-bond acceptors (Lipinski definition) is 5. The molecule has 1 aliphatic heterocycles. The van der Waals surface area contributed by atoms with Crippen molar-refractivity contribution >= 4 is 6.03 Å². The van der Waals surface area contributed by atoms with Crippen molar-refractivity contribution < 1.29 is 9.32 Å². The van der Waals surface area contributed by atoms with Gasteiger partial charge in [0.2, 0.25) is 5.89 Å². The Morgan fingerprint density at radius 3 is 2.92 bits per heavy atom. The number of aryl methyl sites for hydroxylation is 1. The van der Waals surface area contributed by atoms with Crippen molar-refractivity contribution in [1.29, 1.82) is 5.26 Å². The standard InChI is InChI=1S/C17H19N5O2/c1-12-20-16(24-21-12)15-3-2-8-22(11-15)17(23)19-10-14-6-4-13(9-18)5-7-14/h4-7,15H,2-3,8,10-11H2,1H3,(H,19,23). The van der Waals surface area contributed by atoms with Crippen LogP contribution in [-0.2, 0) is 6.54 Å². The van der Waals surface area contributed by atoms with Gasteiger partial charge < -0.3 is 14.7 Å². The summed E-state index contributed by atoms with van der Waals surface area (Å²) in [6, 6.07) is 9.17. The Kier molecular flexibility index (Phi) is 4.75. The second-order valence-electron chi connectivity index (χ2n) is 5.93. The van der Waals surface area contributed by atoms with E-state index in [1.807, 2.05) is 12.1 Å². The van der Waals surface area contributed by atoms with Gasteiger partial charge in [-0.2, -0.15) is 10.2 Å². The molecular weight excluding hydrogens is 306 g/mol. The van der Waals surface area contributed by atoms with Gasteiger partial charge in [0.25, 0.3) is 0 Å². The SMILES string of the molecule is Cc1noc(C2CCCN(C(=O)NCc3ccc(C#N)cc3)C2)n1. The highest BCUT2D eigenvalue weighted by atomic mass is 16.5. The predicted octanol–water partition coefficient (Wildman–Crippen LogP) is 2.34. The molecule has 1 unspecified atom stereocenters. The number of benzene rings is 1. The maximum absolute atomic E-state index is 12.4. The molecule has 3 rings (SSSR count). The Morgan fingerprint density at radius 1 is 1.46 bits per heavy atom. The molecule has 0 aliphatic carbocycles. The van der Waals surface area contributed by atoms with Gasteiger partial charge >= 0.3 is 6.03 Å². The topological polar surface area (TPSA) is 95.0 Å². The fourth-order valence-corrected chi connectivity index (χ4v) is 2.83. The molecule has 1 aliphatic rings. The molecule has 7 nitrogen and oxygen atoms in total. The number of piperidine rings is 1. The Bertz CT molecular complexity index is 747. The van der Waals surface area contributed by atoms with Gasteiger partial charge in [-0.1, -0.05) is 17.3 Å². The zero-order valence-corrected chi connectivity index (χ0v) is 13.5. The van der Waals surface area contributed by atoms with Crippen LogP contribution in [0.25, 0.3) is 0 Å². The third kappa shape index (κ3) is 3.71. The van der Waals surface area contributed by atoms with Gasteiger partial charge in [0, 0.05) is 19.6 Å². The van der Waals surface area contributed by atoms with Gasteiger partial charge in [0.1, 0.15) is 0 Å². The fourth-order valence-electron chi connectivity index (χ4n) is 2.83. The molecule has 1 atom stereocenters. The van der Waals surface area contributed by atoms with Crippen molar-refractivity contribution in [2.24, 2.45) is 0 Å². The quantitative estimate of drug-likeness (QED) is 0.934. The lowest BCUT2D eigenvalue weighted by molar-refractivity contribution is 0.171. The molecule has 7 heteroatoms. The number of rotatable bonds is 3. The van der Waals surface area contributed by atoms with E-state index >= 15 is 0 Å². The summed E-state index contributed by atoms with van der Waals surface area (Å²) < 4.78 is 5.24. The van der Waals surface area contributed by atoms with Crippen molar-refractivity contribution in [1.82, 2.24) is 20.4 Å². The highest BCUT2D eigenvalue weighted by Crippen LogP contribution is 2.25. The van der Waals surface area contributed by atoms with E-state index < -0.39 is 0 Å². The average molecular weight is 325 g/mol. The molecule has 2 heterocycles. The Balaban J connectivity index is 1.55. The van der Waals surface area contributed by atoms with Crippen molar-refractivity contribution in [3.8, 4) is 6.07 Å². The van der Waals surface area contributed by atoms with E-state index in [0.29, 0.717) is 30.4 Å². The van der Waals surface area contributed by atoms with Crippen LogP contribution in [0.15, 0.2) is 28.8 Å². The molecule has 2 aromatic rings. The van der Waals surface area contributed by atoms with Gasteiger partial charge in [0.05, 0.1) is 17.6 Å². The second-order valence-corrected chi connectivity index (χ2v) is 5.93. The summed E-state index contributed by atoms with van der Waals surface area (Å²) in [6.07, 6.45) is 1.86. The third-order valence-corrected chi connectivity index (χ3v) is 4.13. The highest BCUT2D eigenvalue weighted by molar-refractivity contribution is 5.74. The number of aromatic nitrogens is 2. The second kappa shape index (κ2) is 7.13. The minimum atomic E-state index is -0.0969. The maximum Gasteiger partial charge on any atom is 0.317 e. The maximum atomic E-state index is 12.4. The summed E-state index contributed by atoms with van der Waals surface area (Å²) in [4.78, 5) is 18.4. The van der Waals surface area contributed by atoms with Crippen molar-refractivity contribution in [2.75, 3.05) is 13.1 Å². The number of hydrogen-bond donors (Lipinski definition) is 1. The molecule has 1 N–H and O–H groups in total. The van der Waals surface area contributed by atoms with Crippen LogP contribution in [0, 0.1) is 18.3 Å². The Labute approximate surface area is 140 Å².